The number of H-pyrrole nitrogens is 1. The number of aromatic amines is 1. The second-order valence-corrected chi connectivity index (χ2v) is 4.82. The van der Waals surface area contributed by atoms with Crippen molar-refractivity contribution >= 4 is 11.6 Å². The molecule has 0 radical (unpaired) electrons. The fourth-order valence-electron chi connectivity index (χ4n) is 2.19. The van der Waals surface area contributed by atoms with Gasteiger partial charge in [-0.2, -0.15) is 5.10 Å². The Morgan fingerprint density at radius 3 is 2.61 bits per heavy atom. The number of rotatable bonds is 4. The molecule has 116 valence electrons. The molecule has 3 rings (SSSR count). The van der Waals surface area contributed by atoms with Gasteiger partial charge in [-0.05, 0) is 35.9 Å². The van der Waals surface area contributed by atoms with Gasteiger partial charge in [-0.25, -0.2) is 4.39 Å². The molecule has 0 aliphatic carbocycles. The molecule has 2 N–H and O–H groups in total. The number of ether oxygens (including phenoxy) is 1. The lowest BCUT2D eigenvalue weighted by Gasteiger charge is -2.09. The Bertz CT molecular complexity index is 814. The molecule has 1 heterocycles. The van der Waals surface area contributed by atoms with E-state index in [0.29, 0.717) is 5.69 Å². The molecular weight excluding hydrogens is 297 g/mol. The Kier molecular flexibility index (Phi) is 4.05. The number of carbonyl (C=O) groups excluding carboxylic acids is 1. The van der Waals surface area contributed by atoms with Crippen molar-refractivity contribution < 1.29 is 13.9 Å². The van der Waals surface area contributed by atoms with Crippen molar-refractivity contribution in [1.29, 1.82) is 0 Å². The summed E-state index contributed by atoms with van der Waals surface area (Å²) in [6, 6.07) is 13.4. The van der Waals surface area contributed by atoms with E-state index in [4.69, 9.17) is 4.74 Å². The first-order valence-electron chi connectivity index (χ1n) is 6.92. The molecular formula is C17H14FN3O2. The van der Waals surface area contributed by atoms with Crippen LogP contribution in [0, 0.1) is 5.82 Å². The molecule has 5 nitrogen and oxygen atoms in total. The number of nitrogens with zero attached hydrogens (tertiary/aromatic N) is 1. The predicted molar refractivity (Wildman–Crippen MR) is 84.9 cm³/mol. The summed E-state index contributed by atoms with van der Waals surface area (Å²) in [7, 11) is 1.36. The molecule has 0 aliphatic rings. The largest absolute Gasteiger partial charge is 0.494 e. The third-order valence-electron chi connectivity index (χ3n) is 3.38. The van der Waals surface area contributed by atoms with Crippen molar-refractivity contribution in [3.8, 4) is 17.0 Å². The molecule has 2 aromatic carbocycles. The van der Waals surface area contributed by atoms with Gasteiger partial charge in [0.05, 0.1) is 18.4 Å². The maximum Gasteiger partial charge on any atom is 0.258 e. The number of amides is 1. The summed E-state index contributed by atoms with van der Waals surface area (Å²) >= 11 is 0. The average molecular weight is 311 g/mol. The third-order valence-corrected chi connectivity index (χ3v) is 3.38. The van der Waals surface area contributed by atoms with Gasteiger partial charge < -0.3 is 10.1 Å². The van der Waals surface area contributed by atoms with Crippen LogP contribution in [0.25, 0.3) is 11.3 Å². The normalized spacial score (nSPS) is 10.3. The number of halogens is 1. The molecule has 1 amide bonds. The number of hydrogen-bond donors (Lipinski definition) is 2. The van der Waals surface area contributed by atoms with Crippen LogP contribution in [0.3, 0.4) is 0 Å². The molecule has 0 saturated carbocycles. The van der Waals surface area contributed by atoms with Crippen LogP contribution in [0.1, 0.15) is 10.4 Å². The average Bonchev–Trinajstić information content (AvgIpc) is 3.10. The monoisotopic (exact) mass is 311 g/mol. The summed E-state index contributed by atoms with van der Waals surface area (Å²) in [6.07, 6.45) is 1.66. The maximum atomic E-state index is 14.1. The Balaban J connectivity index is 1.78. The molecule has 0 saturated heterocycles. The van der Waals surface area contributed by atoms with Crippen LogP contribution < -0.4 is 10.1 Å². The zero-order valence-electron chi connectivity index (χ0n) is 12.3. The minimum atomic E-state index is -0.679. The van der Waals surface area contributed by atoms with Gasteiger partial charge in [0.2, 0.25) is 0 Å². The Morgan fingerprint density at radius 1 is 1.17 bits per heavy atom. The number of benzene rings is 2. The molecule has 23 heavy (non-hydrogen) atoms. The van der Waals surface area contributed by atoms with Crippen LogP contribution >= 0.6 is 0 Å². The van der Waals surface area contributed by atoms with E-state index in [0.717, 1.165) is 11.3 Å². The summed E-state index contributed by atoms with van der Waals surface area (Å²) in [4.78, 5) is 12.2. The minimum Gasteiger partial charge on any atom is -0.494 e. The Labute approximate surface area is 132 Å². The summed E-state index contributed by atoms with van der Waals surface area (Å²) < 4.78 is 19.0. The van der Waals surface area contributed by atoms with Gasteiger partial charge in [0.15, 0.2) is 11.6 Å². The predicted octanol–water partition coefficient (Wildman–Crippen LogP) is 3.48. The molecule has 3 aromatic rings. The SMILES string of the molecule is COc1cccc(C(=O)Nc2ccc(-c3ccn[nH]3)cc2)c1F. The van der Waals surface area contributed by atoms with Crippen molar-refractivity contribution in [3.05, 3.63) is 66.1 Å². The summed E-state index contributed by atoms with van der Waals surface area (Å²) in [6.45, 7) is 0. The van der Waals surface area contributed by atoms with Crippen molar-refractivity contribution in [3.63, 3.8) is 0 Å². The molecule has 0 fully saturated rings. The van der Waals surface area contributed by atoms with Crippen molar-refractivity contribution in [1.82, 2.24) is 10.2 Å². The molecule has 0 bridgehead atoms. The van der Waals surface area contributed by atoms with Crippen LogP contribution in [0.15, 0.2) is 54.7 Å². The lowest BCUT2D eigenvalue weighted by atomic mass is 10.1. The Hall–Kier alpha value is -3.15. The number of hydrogen-bond acceptors (Lipinski definition) is 3. The van der Waals surface area contributed by atoms with E-state index in [1.54, 1.807) is 24.4 Å². The summed E-state index contributed by atoms with van der Waals surface area (Å²) in [5, 5.41) is 9.41. The fourth-order valence-corrected chi connectivity index (χ4v) is 2.19. The van der Waals surface area contributed by atoms with Crippen LogP contribution in [0.2, 0.25) is 0 Å². The van der Waals surface area contributed by atoms with E-state index in [9.17, 15) is 9.18 Å². The van der Waals surface area contributed by atoms with E-state index < -0.39 is 11.7 Å². The molecule has 0 spiro atoms. The van der Waals surface area contributed by atoms with E-state index in [1.165, 1.54) is 19.2 Å². The van der Waals surface area contributed by atoms with E-state index in [2.05, 4.69) is 15.5 Å². The highest BCUT2D eigenvalue weighted by atomic mass is 19.1. The van der Waals surface area contributed by atoms with Crippen molar-refractivity contribution in [2.75, 3.05) is 12.4 Å². The van der Waals surface area contributed by atoms with Gasteiger partial charge in [-0.15, -0.1) is 0 Å². The second kappa shape index (κ2) is 6.31. The van der Waals surface area contributed by atoms with E-state index in [1.807, 2.05) is 18.2 Å². The molecule has 0 unspecified atom stereocenters. The number of methoxy groups -OCH3 is 1. The third kappa shape index (κ3) is 3.06. The number of nitrogens with one attached hydrogen (secondary N) is 2. The first-order chi connectivity index (χ1) is 11.2. The highest BCUT2D eigenvalue weighted by Gasteiger charge is 2.15. The van der Waals surface area contributed by atoms with E-state index >= 15 is 0 Å². The second-order valence-electron chi connectivity index (χ2n) is 4.82. The topological polar surface area (TPSA) is 67.0 Å². The van der Waals surface area contributed by atoms with Crippen molar-refractivity contribution in [2.24, 2.45) is 0 Å². The number of anilines is 1. The van der Waals surface area contributed by atoms with Crippen LogP contribution in [0.5, 0.6) is 5.75 Å². The minimum absolute atomic E-state index is 0.0345. The zero-order valence-corrected chi connectivity index (χ0v) is 12.3. The van der Waals surface area contributed by atoms with Crippen molar-refractivity contribution in [2.45, 2.75) is 0 Å². The first kappa shape index (κ1) is 14.8. The zero-order chi connectivity index (χ0) is 16.2. The molecule has 1 aromatic heterocycles. The van der Waals surface area contributed by atoms with Gasteiger partial charge in [0.1, 0.15) is 0 Å². The van der Waals surface area contributed by atoms with Crippen LogP contribution in [-0.4, -0.2) is 23.2 Å². The van der Waals surface area contributed by atoms with Gasteiger partial charge in [0.25, 0.3) is 5.91 Å². The highest BCUT2D eigenvalue weighted by Crippen LogP contribution is 2.22. The maximum absolute atomic E-state index is 14.1. The van der Waals surface area contributed by atoms with Gasteiger partial charge in [-0.3, -0.25) is 9.89 Å². The van der Waals surface area contributed by atoms with Crippen LogP contribution in [0.4, 0.5) is 10.1 Å². The van der Waals surface area contributed by atoms with Crippen LogP contribution in [-0.2, 0) is 0 Å². The number of aromatic nitrogens is 2. The first-order valence-corrected chi connectivity index (χ1v) is 6.92. The number of carbonyl (C=O) groups is 1. The quantitative estimate of drug-likeness (QED) is 0.775. The fraction of sp³-hybridized carbons (Fsp3) is 0.0588. The summed E-state index contributed by atoms with van der Waals surface area (Å²) in [5.41, 5.74) is 2.32. The van der Waals surface area contributed by atoms with Gasteiger partial charge >= 0.3 is 0 Å². The molecule has 6 heteroatoms. The Morgan fingerprint density at radius 2 is 1.96 bits per heavy atom. The lowest BCUT2D eigenvalue weighted by Crippen LogP contribution is -2.14. The molecule has 0 atom stereocenters. The van der Waals surface area contributed by atoms with Gasteiger partial charge in [0, 0.05) is 11.9 Å². The smallest absolute Gasteiger partial charge is 0.258 e. The highest BCUT2D eigenvalue weighted by molar-refractivity contribution is 6.04. The van der Waals surface area contributed by atoms with E-state index in [-0.39, 0.29) is 11.3 Å². The summed E-state index contributed by atoms with van der Waals surface area (Å²) in [5.74, 6) is -1.18. The van der Waals surface area contributed by atoms with Gasteiger partial charge in [-0.1, -0.05) is 18.2 Å². The molecule has 0 aliphatic heterocycles. The standard InChI is InChI=1S/C17H14FN3O2/c1-23-15-4-2-3-13(16(15)18)17(22)20-12-7-5-11(6-8-12)14-9-10-19-21-14/h2-10H,1H3,(H,19,21)(H,20,22). The lowest BCUT2D eigenvalue weighted by molar-refractivity contribution is 0.102.